The summed E-state index contributed by atoms with van der Waals surface area (Å²) in [7, 11) is 0. The van der Waals surface area contributed by atoms with Crippen molar-refractivity contribution in [2.45, 2.75) is 6.92 Å². The van der Waals surface area contributed by atoms with Crippen LogP contribution in [0.1, 0.15) is 6.92 Å². The minimum absolute atomic E-state index is 0.0913. The molecule has 2 aromatic carbocycles. The number of hydrogen-bond acceptors (Lipinski definition) is 7. The number of nitrogens with one attached hydrogen (secondary N) is 3. The van der Waals surface area contributed by atoms with Crippen molar-refractivity contribution in [2.24, 2.45) is 0 Å². The van der Waals surface area contributed by atoms with Gasteiger partial charge in [0.05, 0.1) is 6.54 Å². The van der Waals surface area contributed by atoms with Crippen LogP contribution >= 0.6 is 11.6 Å². The van der Waals surface area contributed by atoms with Gasteiger partial charge in [0.15, 0.2) is 5.82 Å². The van der Waals surface area contributed by atoms with Gasteiger partial charge in [0.25, 0.3) is 0 Å². The normalized spacial score (nSPS) is 13.8. The number of benzene rings is 2. The number of piperazine rings is 1. The van der Waals surface area contributed by atoms with Gasteiger partial charge < -0.3 is 20.9 Å². The lowest BCUT2D eigenvalue weighted by molar-refractivity contribution is -0.119. The lowest BCUT2D eigenvalue weighted by Crippen LogP contribution is -2.48. The molecule has 0 radical (unpaired) electrons. The third-order valence-electron chi connectivity index (χ3n) is 5.76. The molecular weight excluding hydrogens is 478 g/mol. The minimum Gasteiger partial charge on any atom is -0.369 e. The quantitative estimate of drug-likeness (QED) is 0.382. The predicted molar refractivity (Wildman–Crippen MR) is 143 cm³/mol. The summed E-state index contributed by atoms with van der Waals surface area (Å²) in [4.78, 5) is 37.5. The molecule has 188 valence electrons. The Balaban J connectivity index is 1.36. The molecule has 1 aliphatic rings. The fourth-order valence-electron chi connectivity index (χ4n) is 3.95. The van der Waals surface area contributed by atoms with Gasteiger partial charge >= 0.3 is 0 Å². The van der Waals surface area contributed by atoms with Crippen molar-refractivity contribution in [3.05, 3.63) is 65.7 Å². The average Bonchev–Trinajstić information content (AvgIpc) is 2.88. The van der Waals surface area contributed by atoms with E-state index >= 15 is 0 Å². The Bertz CT molecular complexity index is 1170. The standard InChI is InChI=1S/C26H30ClN7O2/c1-19(35)28-11-12-29-23-17-24(32-26(31-23)20-5-3-2-4-6-20)30-25(36)18-33-13-15-34(16-14-33)22-9-7-21(27)8-10-22/h2-10,17H,11-16,18H2,1H3,(H,28,35)(H2,29,30,31,32,36). The van der Waals surface area contributed by atoms with E-state index in [1.165, 1.54) is 6.92 Å². The lowest BCUT2D eigenvalue weighted by Gasteiger charge is -2.35. The Labute approximate surface area is 215 Å². The first-order chi connectivity index (χ1) is 17.5. The molecule has 0 aliphatic carbocycles. The highest BCUT2D eigenvalue weighted by Gasteiger charge is 2.20. The van der Waals surface area contributed by atoms with Crippen LogP contribution in [0, 0.1) is 0 Å². The molecule has 0 bridgehead atoms. The smallest absolute Gasteiger partial charge is 0.239 e. The van der Waals surface area contributed by atoms with E-state index in [1.54, 1.807) is 6.07 Å². The van der Waals surface area contributed by atoms with Crippen LogP contribution < -0.4 is 20.9 Å². The Morgan fingerprint density at radius 3 is 2.31 bits per heavy atom. The zero-order valence-electron chi connectivity index (χ0n) is 20.2. The Kier molecular flexibility index (Phi) is 8.70. The van der Waals surface area contributed by atoms with Crippen LogP contribution in [0.15, 0.2) is 60.7 Å². The molecule has 0 spiro atoms. The van der Waals surface area contributed by atoms with E-state index in [4.69, 9.17) is 11.6 Å². The highest BCUT2D eigenvalue weighted by Crippen LogP contribution is 2.21. The number of halogens is 1. The molecule has 1 aromatic heterocycles. The van der Waals surface area contributed by atoms with Crippen LogP contribution in [0.5, 0.6) is 0 Å². The van der Waals surface area contributed by atoms with Crippen molar-refractivity contribution in [3.8, 4) is 11.4 Å². The average molecular weight is 508 g/mol. The summed E-state index contributed by atoms with van der Waals surface area (Å²) in [5.41, 5.74) is 1.98. The Morgan fingerprint density at radius 1 is 0.917 bits per heavy atom. The highest BCUT2D eigenvalue weighted by molar-refractivity contribution is 6.30. The molecule has 3 N–H and O–H groups in total. The third-order valence-corrected chi connectivity index (χ3v) is 6.01. The second kappa shape index (κ2) is 12.3. The maximum Gasteiger partial charge on any atom is 0.239 e. The fourth-order valence-corrected chi connectivity index (χ4v) is 4.07. The van der Waals surface area contributed by atoms with E-state index < -0.39 is 0 Å². The molecule has 0 unspecified atom stereocenters. The van der Waals surface area contributed by atoms with Crippen molar-refractivity contribution in [1.82, 2.24) is 20.2 Å². The first-order valence-electron chi connectivity index (χ1n) is 11.9. The topological polar surface area (TPSA) is 102 Å². The zero-order valence-corrected chi connectivity index (χ0v) is 21.0. The summed E-state index contributed by atoms with van der Waals surface area (Å²) in [6.07, 6.45) is 0. The first kappa shape index (κ1) is 25.4. The van der Waals surface area contributed by atoms with E-state index in [-0.39, 0.29) is 18.4 Å². The highest BCUT2D eigenvalue weighted by atomic mass is 35.5. The first-order valence-corrected chi connectivity index (χ1v) is 12.3. The van der Waals surface area contributed by atoms with Crippen LogP contribution in [0.25, 0.3) is 11.4 Å². The van der Waals surface area contributed by atoms with Gasteiger partial charge in [-0.25, -0.2) is 9.97 Å². The van der Waals surface area contributed by atoms with Crippen LogP contribution in [-0.2, 0) is 9.59 Å². The maximum absolute atomic E-state index is 12.9. The zero-order chi connectivity index (χ0) is 25.3. The SMILES string of the molecule is CC(=O)NCCNc1cc(NC(=O)CN2CCN(c3ccc(Cl)cc3)CC2)nc(-c2ccccc2)n1. The van der Waals surface area contributed by atoms with Crippen molar-refractivity contribution >= 4 is 40.7 Å². The number of carbonyl (C=O) groups is 2. The van der Waals surface area contributed by atoms with Gasteiger partial charge in [-0.1, -0.05) is 41.9 Å². The fraction of sp³-hybridized carbons (Fsp3) is 0.308. The summed E-state index contributed by atoms with van der Waals surface area (Å²) in [5.74, 6) is 1.28. The summed E-state index contributed by atoms with van der Waals surface area (Å²) in [6, 6.07) is 19.1. The molecule has 1 aliphatic heterocycles. The lowest BCUT2D eigenvalue weighted by atomic mass is 10.2. The molecule has 1 fully saturated rings. The second-order valence-corrected chi connectivity index (χ2v) is 8.96. The third kappa shape index (κ3) is 7.40. The van der Waals surface area contributed by atoms with E-state index in [1.807, 2.05) is 54.6 Å². The largest absolute Gasteiger partial charge is 0.369 e. The number of amides is 2. The molecule has 0 saturated carbocycles. The number of anilines is 3. The Morgan fingerprint density at radius 2 is 1.61 bits per heavy atom. The van der Waals surface area contributed by atoms with Crippen molar-refractivity contribution < 1.29 is 9.59 Å². The summed E-state index contributed by atoms with van der Waals surface area (Å²) >= 11 is 6.00. The van der Waals surface area contributed by atoms with Gasteiger partial charge in [-0.15, -0.1) is 0 Å². The van der Waals surface area contributed by atoms with E-state index in [0.717, 1.165) is 42.5 Å². The monoisotopic (exact) mass is 507 g/mol. The van der Waals surface area contributed by atoms with E-state index in [9.17, 15) is 9.59 Å². The van der Waals surface area contributed by atoms with Crippen LogP contribution in [-0.4, -0.2) is 72.5 Å². The van der Waals surface area contributed by atoms with E-state index in [2.05, 4.69) is 35.7 Å². The van der Waals surface area contributed by atoms with Crippen LogP contribution in [0.2, 0.25) is 5.02 Å². The molecule has 4 rings (SSSR count). The molecular formula is C26H30ClN7O2. The number of aromatic nitrogens is 2. The summed E-state index contributed by atoms with van der Waals surface area (Å²) in [5, 5.41) is 9.58. The van der Waals surface area contributed by atoms with E-state index in [0.29, 0.717) is 30.5 Å². The van der Waals surface area contributed by atoms with Gasteiger partial charge in [0, 0.05) is 68.5 Å². The molecule has 3 aromatic rings. The van der Waals surface area contributed by atoms with Gasteiger partial charge in [0.1, 0.15) is 11.6 Å². The number of carbonyl (C=O) groups excluding carboxylic acids is 2. The van der Waals surface area contributed by atoms with Crippen LogP contribution in [0.3, 0.4) is 0 Å². The van der Waals surface area contributed by atoms with Crippen molar-refractivity contribution in [1.29, 1.82) is 0 Å². The molecule has 1 saturated heterocycles. The molecule has 10 heteroatoms. The van der Waals surface area contributed by atoms with Gasteiger partial charge in [-0.3, -0.25) is 14.5 Å². The van der Waals surface area contributed by atoms with Crippen molar-refractivity contribution in [3.63, 3.8) is 0 Å². The second-order valence-electron chi connectivity index (χ2n) is 8.53. The molecule has 2 heterocycles. The Hall–Kier alpha value is -3.69. The number of nitrogens with zero attached hydrogens (tertiary/aromatic N) is 4. The maximum atomic E-state index is 12.9. The van der Waals surface area contributed by atoms with Gasteiger partial charge in [-0.05, 0) is 24.3 Å². The molecule has 9 nitrogen and oxygen atoms in total. The summed E-state index contributed by atoms with van der Waals surface area (Å²) in [6.45, 7) is 5.95. The van der Waals surface area contributed by atoms with Crippen molar-refractivity contribution in [2.75, 3.05) is 61.3 Å². The molecule has 0 atom stereocenters. The summed E-state index contributed by atoms with van der Waals surface area (Å²) < 4.78 is 0. The predicted octanol–water partition coefficient (Wildman–Crippen LogP) is 3.11. The van der Waals surface area contributed by atoms with Gasteiger partial charge in [-0.2, -0.15) is 0 Å². The minimum atomic E-state index is -0.128. The van der Waals surface area contributed by atoms with Gasteiger partial charge in [0.2, 0.25) is 11.8 Å². The molecule has 36 heavy (non-hydrogen) atoms. The number of hydrogen-bond donors (Lipinski definition) is 3. The van der Waals surface area contributed by atoms with Crippen LogP contribution in [0.4, 0.5) is 17.3 Å². The number of rotatable bonds is 9. The molecule has 2 amide bonds.